The van der Waals surface area contributed by atoms with Gasteiger partial charge in [-0.15, -0.1) is 0 Å². The second-order valence-corrected chi connectivity index (χ2v) is 8.87. The van der Waals surface area contributed by atoms with Crippen molar-refractivity contribution >= 4 is 17.8 Å². The van der Waals surface area contributed by atoms with Gasteiger partial charge in [0.2, 0.25) is 5.91 Å². The minimum atomic E-state index is -5.08. The third kappa shape index (κ3) is 11.0. The van der Waals surface area contributed by atoms with Crippen LogP contribution in [-0.4, -0.2) is 109 Å². The van der Waals surface area contributed by atoms with Crippen LogP contribution in [-0.2, 0) is 9.59 Å². The molecule has 0 spiro atoms. The molecular weight excluding hydrogens is 493 g/mol. The molecule has 2 aliphatic heterocycles. The summed E-state index contributed by atoms with van der Waals surface area (Å²) in [5, 5.41) is 10.4. The van der Waals surface area contributed by atoms with E-state index in [1.807, 2.05) is 24.0 Å². The van der Waals surface area contributed by atoms with E-state index in [-0.39, 0.29) is 18.4 Å². The molecule has 208 valence electrons. The molecule has 2 N–H and O–H groups in total. The van der Waals surface area contributed by atoms with Crippen LogP contribution < -0.4 is 10.1 Å². The highest BCUT2D eigenvalue weighted by Gasteiger charge is 2.38. The fourth-order valence-electron chi connectivity index (χ4n) is 4.14. The van der Waals surface area contributed by atoms with E-state index in [1.54, 1.807) is 17.0 Å². The lowest BCUT2D eigenvalue weighted by Gasteiger charge is -2.31. The first kappa shape index (κ1) is 30.4. The van der Waals surface area contributed by atoms with Crippen molar-refractivity contribution in [1.82, 2.24) is 20.0 Å². The Labute approximate surface area is 215 Å². The number of aliphatic carboxylic acids is 1. The molecule has 0 saturated carbocycles. The molecule has 2 aliphatic rings. The van der Waals surface area contributed by atoms with Crippen LogP contribution in [0.4, 0.5) is 13.2 Å². The molecule has 2 amide bonds. The predicted molar refractivity (Wildman–Crippen MR) is 132 cm³/mol. The number of hydrogen-bond donors (Lipinski definition) is 2. The first-order valence-corrected chi connectivity index (χ1v) is 12.6. The third-order valence-electron chi connectivity index (χ3n) is 6.09. The molecule has 0 aromatic heterocycles. The minimum absolute atomic E-state index is 0.0359. The molecule has 3 rings (SSSR count). The molecule has 37 heavy (non-hydrogen) atoms. The van der Waals surface area contributed by atoms with E-state index in [0.717, 1.165) is 44.9 Å². The monoisotopic (exact) mass is 530 g/mol. The molecule has 1 aromatic rings. The third-order valence-corrected chi connectivity index (χ3v) is 6.09. The Morgan fingerprint density at radius 1 is 1.03 bits per heavy atom. The first-order chi connectivity index (χ1) is 17.6. The molecular formula is C25H37F3N4O5. The molecule has 0 bridgehead atoms. The number of carboxylic acids is 1. The molecule has 0 aliphatic carbocycles. The highest BCUT2D eigenvalue weighted by atomic mass is 19.4. The van der Waals surface area contributed by atoms with Crippen molar-refractivity contribution in [3.05, 3.63) is 29.8 Å². The molecule has 2 heterocycles. The maximum absolute atomic E-state index is 13.2. The average molecular weight is 531 g/mol. The number of benzene rings is 1. The summed E-state index contributed by atoms with van der Waals surface area (Å²) in [6, 6.07) is 7.22. The van der Waals surface area contributed by atoms with Crippen molar-refractivity contribution in [3.8, 4) is 5.75 Å². The summed E-state index contributed by atoms with van der Waals surface area (Å²) < 4.78 is 37.2. The number of carbonyl (C=O) groups excluding carboxylic acids is 2. The number of hydrogen-bond acceptors (Lipinski definition) is 6. The summed E-state index contributed by atoms with van der Waals surface area (Å²) in [6.07, 6.45) is -0.359. The van der Waals surface area contributed by atoms with Gasteiger partial charge in [0, 0.05) is 38.3 Å². The summed E-state index contributed by atoms with van der Waals surface area (Å²) in [6.45, 7) is 9.58. The van der Waals surface area contributed by atoms with E-state index in [0.29, 0.717) is 31.8 Å². The van der Waals surface area contributed by atoms with Gasteiger partial charge in [0.1, 0.15) is 12.3 Å². The van der Waals surface area contributed by atoms with Crippen LogP contribution in [0, 0.1) is 0 Å². The SMILES string of the molecule is CCOc1ccc(C(=O)N(CCCN2CCCCC2)CC(=O)N2CCNCC2)cc1.O=C(O)C(F)(F)F. The standard InChI is InChI=1S/C23H36N4O3.C2HF3O2/c1-2-30-21-9-7-20(8-10-21)23(29)27(16-6-15-25-13-4-3-5-14-25)19-22(28)26-17-11-24-12-18-26;3-2(4,5)1(6)7/h7-10,24H,2-6,11-19H2,1H3;(H,6,7). The molecule has 2 fully saturated rings. The lowest BCUT2D eigenvalue weighted by molar-refractivity contribution is -0.192. The largest absolute Gasteiger partial charge is 0.494 e. The van der Waals surface area contributed by atoms with Gasteiger partial charge >= 0.3 is 12.1 Å². The summed E-state index contributed by atoms with van der Waals surface area (Å²) in [7, 11) is 0. The second-order valence-electron chi connectivity index (χ2n) is 8.87. The Morgan fingerprint density at radius 3 is 2.16 bits per heavy atom. The summed E-state index contributed by atoms with van der Waals surface area (Å²) in [4.78, 5) is 41.0. The summed E-state index contributed by atoms with van der Waals surface area (Å²) in [5.74, 6) is -2.05. The number of carboxylic acid groups (broad SMARTS) is 1. The lowest BCUT2D eigenvalue weighted by Crippen LogP contribution is -2.50. The quantitative estimate of drug-likeness (QED) is 0.506. The first-order valence-electron chi connectivity index (χ1n) is 12.6. The number of rotatable bonds is 9. The molecule has 1 aromatic carbocycles. The number of nitrogens with zero attached hydrogens (tertiary/aromatic N) is 3. The van der Waals surface area contributed by atoms with Gasteiger partial charge in [0.25, 0.3) is 5.91 Å². The molecule has 0 radical (unpaired) electrons. The fraction of sp³-hybridized carbons (Fsp3) is 0.640. The molecule has 12 heteroatoms. The van der Waals surface area contributed by atoms with Crippen molar-refractivity contribution in [2.45, 2.75) is 38.8 Å². The number of nitrogens with one attached hydrogen (secondary N) is 1. The van der Waals surface area contributed by atoms with Crippen LogP contribution in [0.25, 0.3) is 0 Å². The highest BCUT2D eigenvalue weighted by molar-refractivity contribution is 5.96. The topological polar surface area (TPSA) is 102 Å². The van der Waals surface area contributed by atoms with E-state index in [1.165, 1.54) is 19.3 Å². The van der Waals surface area contributed by atoms with Gasteiger partial charge in [-0.2, -0.15) is 13.2 Å². The average Bonchev–Trinajstić information content (AvgIpc) is 2.89. The van der Waals surface area contributed by atoms with Gasteiger partial charge in [0.15, 0.2) is 0 Å². The second kappa shape index (κ2) is 15.4. The number of likely N-dealkylation sites (tertiary alicyclic amines) is 1. The van der Waals surface area contributed by atoms with Crippen LogP contribution in [0.3, 0.4) is 0 Å². The maximum Gasteiger partial charge on any atom is 0.490 e. The number of alkyl halides is 3. The smallest absolute Gasteiger partial charge is 0.490 e. The Balaban J connectivity index is 0.000000604. The van der Waals surface area contributed by atoms with Gasteiger partial charge in [-0.3, -0.25) is 9.59 Å². The molecule has 0 unspecified atom stereocenters. The van der Waals surface area contributed by atoms with Crippen molar-refractivity contribution < 1.29 is 37.4 Å². The van der Waals surface area contributed by atoms with Crippen LogP contribution in [0.5, 0.6) is 5.75 Å². The maximum atomic E-state index is 13.2. The number of piperidine rings is 1. The van der Waals surface area contributed by atoms with Gasteiger partial charge in [0.05, 0.1) is 6.61 Å². The minimum Gasteiger partial charge on any atom is -0.494 e. The zero-order chi connectivity index (χ0) is 27.3. The summed E-state index contributed by atoms with van der Waals surface area (Å²) >= 11 is 0. The van der Waals surface area contributed by atoms with Crippen molar-refractivity contribution in [2.75, 3.05) is 65.5 Å². The van der Waals surface area contributed by atoms with Crippen molar-refractivity contribution in [1.29, 1.82) is 0 Å². The highest BCUT2D eigenvalue weighted by Crippen LogP contribution is 2.15. The molecule has 0 atom stereocenters. The Bertz CT molecular complexity index is 855. The van der Waals surface area contributed by atoms with E-state index < -0.39 is 12.1 Å². The number of ether oxygens (including phenoxy) is 1. The van der Waals surface area contributed by atoms with Gasteiger partial charge in [-0.05, 0) is 70.1 Å². The summed E-state index contributed by atoms with van der Waals surface area (Å²) in [5.41, 5.74) is 0.601. The van der Waals surface area contributed by atoms with E-state index in [4.69, 9.17) is 14.6 Å². The Kier molecular flexibility index (Phi) is 12.6. The van der Waals surface area contributed by atoms with Gasteiger partial charge in [-0.1, -0.05) is 6.42 Å². The van der Waals surface area contributed by atoms with E-state index >= 15 is 0 Å². The Hall–Kier alpha value is -2.86. The van der Waals surface area contributed by atoms with Crippen LogP contribution in [0.1, 0.15) is 43.0 Å². The Morgan fingerprint density at radius 2 is 1.62 bits per heavy atom. The van der Waals surface area contributed by atoms with Crippen LogP contribution in [0.2, 0.25) is 0 Å². The van der Waals surface area contributed by atoms with Crippen molar-refractivity contribution in [3.63, 3.8) is 0 Å². The van der Waals surface area contributed by atoms with Crippen LogP contribution >= 0.6 is 0 Å². The van der Waals surface area contributed by atoms with Crippen LogP contribution in [0.15, 0.2) is 24.3 Å². The normalized spacial score (nSPS) is 16.4. The van der Waals surface area contributed by atoms with E-state index in [9.17, 15) is 22.8 Å². The number of halogens is 3. The van der Waals surface area contributed by atoms with Gasteiger partial charge < -0.3 is 29.9 Å². The van der Waals surface area contributed by atoms with Gasteiger partial charge in [-0.25, -0.2) is 4.79 Å². The predicted octanol–water partition coefficient (Wildman–Crippen LogP) is 2.47. The zero-order valence-electron chi connectivity index (χ0n) is 21.3. The number of piperazine rings is 1. The van der Waals surface area contributed by atoms with E-state index in [2.05, 4.69) is 10.2 Å². The molecule has 9 nitrogen and oxygen atoms in total. The number of carbonyl (C=O) groups is 3. The number of amides is 2. The zero-order valence-corrected chi connectivity index (χ0v) is 21.3. The lowest BCUT2D eigenvalue weighted by atomic mass is 10.1. The van der Waals surface area contributed by atoms with Crippen molar-refractivity contribution in [2.24, 2.45) is 0 Å². The fourth-order valence-corrected chi connectivity index (χ4v) is 4.14. The molecule has 2 saturated heterocycles.